The fourth-order valence-corrected chi connectivity index (χ4v) is 5.46. The summed E-state index contributed by atoms with van der Waals surface area (Å²) >= 11 is 0. The van der Waals surface area contributed by atoms with Gasteiger partial charge < -0.3 is 4.90 Å². The average Bonchev–Trinajstić information content (AvgIpc) is 3.58. The van der Waals surface area contributed by atoms with Gasteiger partial charge in [-0.15, -0.1) is 0 Å². The van der Waals surface area contributed by atoms with E-state index in [1.165, 1.54) is 18.6 Å². The molecule has 2 unspecified atom stereocenters. The molecule has 2 aromatic heterocycles. The molecular weight excluding hydrogens is 378 g/mol. The highest BCUT2D eigenvalue weighted by Gasteiger charge is 2.66. The van der Waals surface area contributed by atoms with E-state index in [2.05, 4.69) is 14.4 Å². The van der Waals surface area contributed by atoms with Gasteiger partial charge in [-0.1, -0.05) is 6.07 Å². The number of carbonyl (C=O) groups excluding carboxylic acids is 2. The van der Waals surface area contributed by atoms with E-state index in [1.807, 2.05) is 4.90 Å². The lowest BCUT2D eigenvalue weighted by Crippen LogP contribution is -2.40. The van der Waals surface area contributed by atoms with Gasteiger partial charge in [-0.25, -0.2) is 4.21 Å². The van der Waals surface area contributed by atoms with Crippen LogP contribution in [0.15, 0.2) is 39.9 Å². The van der Waals surface area contributed by atoms with Gasteiger partial charge in [0.05, 0.1) is 39.6 Å². The lowest BCUT2D eigenvalue weighted by atomic mass is 10.2. The highest BCUT2D eigenvalue weighted by Crippen LogP contribution is 2.71. The van der Waals surface area contributed by atoms with E-state index in [0.717, 1.165) is 19.3 Å². The van der Waals surface area contributed by atoms with Gasteiger partial charge in [-0.05, 0) is 36.8 Å². The summed E-state index contributed by atoms with van der Waals surface area (Å²) in [6, 6.07) is 4.92. The van der Waals surface area contributed by atoms with Gasteiger partial charge in [0.2, 0.25) is 5.91 Å². The Morgan fingerprint density at radius 3 is 2.79 bits per heavy atom. The number of nitrogens with zero attached hydrogens (tertiary/aromatic N) is 5. The van der Waals surface area contributed by atoms with Crippen LogP contribution in [0.3, 0.4) is 0 Å². The Kier molecular flexibility index (Phi) is 3.74. The summed E-state index contributed by atoms with van der Waals surface area (Å²) in [5, 5.41) is 4.31. The summed E-state index contributed by atoms with van der Waals surface area (Å²) in [6.07, 6.45) is 7.78. The topological polar surface area (TPSA) is 97.5 Å². The molecule has 3 aliphatic rings. The summed E-state index contributed by atoms with van der Waals surface area (Å²) in [5.41, 5.74) is 1.16. The normalized spacial score (nSPS) is 23.6. The quantitative estimate of drug-likeness (QED) is 0.783. The minimum absolute atomic E-state index is 0.151. The summed E-state index contributed by atoms with van der Waals surface area (Å²) in [7, 11) is -3.01. The number of aromatic nitrogens is 3. The number of hydrogen-bond acceptors (Lipinski definition) is 5. The van der Waals surface area contributed by atoms with Crippen molar-refractivity contribution in [2.75, 3.05) is 12.8 Å². The van der Waals surface area contributed by atoms with E-state index in [9.17, 15) is 13.8 Å². The molecule has 0 radical (unpaired) electrons. The maximum atomic E-state index is 13.3. The molecule has 2 fully saturated rings. The third-order valence-electron chi connectivity index (χ3n) is 6.07. The molecule has 0 bridgehead atoms. The second-order valence-corrected chi connectivity index (χ2v) is 10.2. The maximum Gasteiger partial charge on any atom is 0.303 e. The van der Waals surface area contributed by atoms with E-state index in [-0.39, 0.29) is 17.5 Å². The summed E-state index contributed by atoms with van der Waals surface area (Å²) in [5.74, 6) is -0.266. The Labute approximate surface area is 163 Å². The molecule has 0 aromatic carbocycles. The zero-order chi connectivity index (χ0) is 19.5. The van der Waals surface area contributed by atoms with Crippen molar-refractivity contribution < 1.29 is 13.8 Å². The first-order valence-corrected chi connectivity index (χ1v) is 11.3. The van der Waals surface area contributed by atoms with Crippen LogP contribution in [-0.2, 0) is 27.6 Å². The molecule has 28 heavy (non-hydrogen) atoms. The van der Waals surface area contributed by atoms with E-state index in [1.54, 1.807) is 22.9 Å². The van der Waals surface area contributed by atoms with E-state index in [4.69, 9.17) is 0 Å². The van der Waals surface area contributed by atoms with Crippen LogP contribution < -0.4 is 0 Å². The van der Waals surface area contributed by atoms with Gasteiger partial charge in [0.15, 0.2) is 0 Å². The number of rotatable bonds is 3. The van der Waals surface area contributed by atoms with E-state index in [0.29, 0.717) is 35.6 Å². The Bertz CT molecular complexity index is 1100. The SMILES string of the molecule is CS(=O)(=NC(=O)c1ccccn1)c1cnn2c1CN(C(=O)C1CC13CC3)CC2. The highest BCUT2D eigenvalue weighted by molar-refractivity contribution is 7.93. The van der Waals surface area contributed by atoms with Crippen molar-refractivity contribution in [1.82, 2.24) is 19.7 Å². The largest absolute Gasteiger partial charge is 0.335 e. The monoisotopic (exact) mass is 399 g/mol. The smallest absolute Gasteiger partial charge is 0.303 e. The fraction of sp³-hybridized carbons (Fsp3) is 0.474. The van der Waals surface area contributed by atoms with Crippen LogP contribution in [0.5, 0.6) is 0 Å². The number of pyridine rings is 1. The molecule has 1 spiro atoms. The van der Waals surface area contributed by atoms with Gasteiger partial charge in [0.1, 0.15) is 5.69 Å². The fourth-order valence-electron chi connectivity index (χ4n) is 4.10. The Morgan fingerprint density at radius 2 is 2.11 bits per heavy atom. The molecular formula is C19H21N5O3S. The van der Waals surface area contributed by atoms with Gasteiger partial charge in [-0.3, -0.25) is 19.3 Å². The Balaban J connectivity index is 1.42. The highest BCUT2D eigenvalue weighted by atomic mass is 32.2. The van der Waals surface area contributed by atoms with Crippen molar-refractivity contribution >= 4 is 21.5 Å². The summed E-state index contributed by atoms with van der Waals surface area (Å²) < 4.78 is 19.0. The van der Waals surface area contributed by atoms with E-state index < -0.39 is 15.6 Å². The van der Waals surface area contributed by atoms with Crippen LogP contribution in [0.25, 0.3) is 0 Å². The first-order chi connectivity index (χ1) is 13.4. The molecule has 5 rings (SSSR count). The predicted molar refractivity (Wildman–Crippen MR) is 101 cm³/mol. The van der Waals surface area contributed by atoms with Gasteiger partial charge in [0, 0.05) is 24.9 Å². The predicted octanol–water partition coefficient (Wildman–Crippen LogP) is 1.72. The zero-order valence-electron chi connectivity index (χ0n) is 15.6. The molecule has 0 N–H and O–H groups in total. The lowest BCUT2D eigenvalue weighted by molar-refractivity contribution is -0.134. The minimum Gasteiger partial charge on any atom is -0.335 e. The van der Waals surface area contributed by atoms with Crippen LogP contribution >= 0.6 is 0 Å². The molecule has 1 aliphatic heterocycles. The van der Waals surface area contributed by atoms with Gasteiger partial charge >= 0.3 is 5.91 Å². The van der Waals surface area contributed by atoms with Crippen LogP contribution in [0, 0.1) is 11.3 Å². The zero-order valence-corrected chi connectivity index (χ0v) is 16.4. The molecule has 9 heteroatoms. The van der Waals surface area contributed by atoms with Gasteiger partial charge in [-0.2, -0.15) is 9.46 Å². The Hall–Kier alpha value is -2.55. The minimum atomic E-state index is -3.01. The van der Waals surface area contributed by atoms with Crippen molar-refractivity contribution in [3.63, 3.8) is 0 Å². The standard InChI is InChI=1S/C19H21N5O3S/c1-28(27,22-17(25)14-4-2-3-7-20-14)16-11-21-24-9-8-23(12-15(16)24)18(26)13-10-19(13)5-6-19/h2-4,7,11,13H,5-6,8-10,12H2,1H3. The van der Waals surface area contributed by atoms with Crippen molar-refractivity contribution in [1.29, 1.82) is 0 Å². The second-order valence-electron chi connectivity index (χ2n) is 7.97. The number of fused-ring (bicyclic) bond motifs is 1. The van der Waals surface area contributed by atoms with Crippen molar-refractivity contribution in [3.8, 4) is 0 Å². The number of carbonyl (C=O) groups is 2. The first kappa shape index (κ1) is 17.5. The number of hydrogen-bond donors (Lipinski definition) is 0. The molecule has 2 atom stereocenters. The lowest BCUT2D eigenvalue weighted by Gasteiger charge is -2.28. The molecule has 0 saturated heterocycles. The maximum absolute atomic E-state index is 13.3. The second kappa shape index (κ2) is 5.97. The first-order valence-electron chi connectivity index (χ1n) is 9.41. The van der Waals surface area contributed by atoms with Crippen molar-refractivity contribution in [3.05, 3.63) is 42.0 Å². The van der Waals surface area contributed by atoms with Crippen LogP contribution in [0.4, 0.5) is 0 Å². The summed E-state index contributed by atoms with van der Waals surface area (Å²) in [6.45, 7) is 1.53. The third-order valence-corrected chi connectivity index (χ3v) is 7.74. The molecule has 2 amide bonds. The van der Waals surface area contributed by atoms with Crippen LogP contribution in [0.1, 0.15) is 35.4 Å². The Morgan fingerprint density at radius 1 is 1.29 bits per heavy atom. The van der Waals surface area contributed by atoms with Crippen molar-refractivity contribution in [2.45, 2.75) is 37.2 Å². The number of amides is 2. The van der Waals surface area contributed by atoms with Crippen molar-refractivity contribution in [2.24, 2.45) is 15.7 Å². The molecule has 8 nitrogen and oxygen atoms in total. The molecule has 2 aromatic rings. The third kappa shape index (κ3) is 2.85. The average molecular weight is 399 g/mol. The summed E-state index contributed by atoms with van der Waals surface area (Å²) in [4.78, 5) is 31.4. The van der Waals surface area contributed by atoms with E-state index >= 15 is 0 Å². The molecule has 3 heterocycles. The molecule has 2 aliphatic carbocycles. The molecule has 146 valence electrons. The molecule has 2 saturated carbocycles. The van der Waals surface area contributed by atoms with Crippen LogP contribution in [0.2, 0.25) is 0 Å². The van der Waals surface area contributed by atoms with Crippen LogP contribution in [-0.4, -0.2) is 48.5 Å². The van der Waals surface area contributed by atoms with Gasteiger partial charge in [0.25, 0.3) is 0 Å².